The first-order valence-electron chi connectivity index (χ1n) is 6.13. The maximum atomic E-state index is 11.0. The molecule has 2 aromatic rings. The Morgan fingerprint density at radius 2 is 2.32 bits per heavy atom. The molecule has 6 heteroatoms. The topological polar surface area (TPSA) is 77.2 Å². The summed E-state index contributed by atoms with van der Waals surface area (Å²) in [5.41, 5.74) is 1.52. The highest BCUT2D eigenvalue weighted by molar-refractivity contribution is 5.89. The fourth-order valence-electron chi connectivity index (χ4n) is 2.51. The van der Waals surface area contributed by atoms with Crippen LogP contribution in [0.2, 0.25) is 0 Å². The van der Waals surface area contributed by atoms with E-state index in [1.54, 1.807) is 12.4 Å². The Kier molecular flexibility index (Phi) is 2.56. The van der Waals surface area contributed by atoms with Gasteiger partial charge < -0.3 is 14.4 Å². The van der Waals surface area contributed by atoms with Crippen molar-refractivity contribution in [1.29, 1.82) is 0 Å². The molecule has 1 unspecified atom stereocenters. The van der Waals surface area contributed by atoms with E-state index < -0.39 is 5.97 Å². The lowest BCUT2D eigenvalue weighted by molar-refractivity contribution is 0.0690. The zero-order valence-electron chi connectivity index (χ0n) is 10.8. The van der Waals surface area contributed by atoms with Gasteiger partial charge in [-0.25, -0.2) is 14.8 Å². The van der Waals surface area contributed by atoms with Crippen LogP contribution in [0.25, 0.3) is 11.0 Å². The summed E-state index contributed by atoms with van der Waals surface area (Å²) in [6.07, 6.45) is 3.23. The molecule has 3 heterocycles. The molecule has 100 valence electrons. The minimum absolute atomic E-state index is 0.000285. The van der Waals surface area contributed by atoms with E-state index in [-0.39, 0.29) is 17.2 Å². The van der Waals surface area contributed by atoms with Crippen molar-refractivity contribution in [3.05, 3.63) is 24.3 Å². The first kappa shape index (κ1) is 12.1. The predicted molar refractivity (Wildman–Crippen MR) is 68.1 cm³/mol. The Labute approximate surface area is 110 Å². The van der Waals surface area contributed by atoms with E-state index in [0.717, 1.165) is 5.52 Å². The van der Waals surface area contributed by atoms with Gasteiger partial charge in [0.1, 0.15) is 11.2 Å². The van der Waals surface area contributed by atoms with Crippen molar-refractivity contribution in [2.75, 3.05) is 13.2 Å². The molecule has 1 fully saturated rings. The zero-order valence-corrected chi connectivity index (χ0v) is 10.8. The number of carbonyl (C=O) groups is 1. The lowest BCUT2D eigenvalue weighted by Gasteiger charge is -2.26. The molecule has 6 nitrogen and oxygen atoms in total. The first-order valence-corrected chi connectivity index (χ1v) is 6.13. The van der Waals surface area contributed by atoms with E-state index in [4.69, 9.17) is 9.84 Å². The Bertz CT molecular complexity index is 648. The van der Waals surface area contributed by atoms with Crippen molar-refractivity contribution >= 4 is 17.0 Å². The Morgan fingerprint density at radius 1 is 1.53 bits per heavy atom. The van der Waals surface area contributed by atoms with Crippen LogP contribution in [0.15, 0.2) is 18.6 Å². The predicted octanol–water partition coefficient (Wildman–Crippen LogP) is 1.73. The molecule has 1 aliphatic heterocycles. The summed E-state index contributed by atoms with van der Waals surface area (Å²) in [6, 6.07) is 1.72. The molecule has 0 aromatic carbocycles. The molecule has 1 saturated heterocycles. The summed E-state index contributed by atoms with van der Waals surface area (Å²) in [5.74, 6) is -1.03. The van der Waals surface area contributed by atoms with Crippen molar-refractivity contribution in [3.8, 4) is 0 Å². The van der Waals surface area contributed by atoms with Gasteiger partial charge in [-0.1, -0.05) is 13.8 Å². The van der Waals surface area contributed by atoms with Gasteiger partial charge in [-0.05, 0) is 6.07 Å². The molecule has 3 rings (SSSR count). The number of aromatic nitrogens is 3. The van der Waals surface area contributed by atoms with Crippen molar-refractivity contribution in [1.82, 2.24) is 14.5 Å². The van der Waals surface area contributed by atoms with Gasteiger partial charge in [0.15, 0.2) is 0 Å². The number of ether oxygens (including phenoxy) is 1. The van der Waals surface area contributed by atoms with E-state index in [1.165, 1.54) is 6.20 Å². The molecule has 0 bridgehead atoms. The summed E-state index contributed by atoms with van der Waals surface area (Å²) < 4.78 is 7.54. The number of aromatic carboxylic acids is 1. The van der Waals surface area contributed by atoms with Gasteiger partial charge >= 0.3 is 5.97 Å². The lowest BCUT2D eigenvalue weighted by atomic mass is 9.88. The Morgan fingerprint density at radius 3 is 2.95 bits per heavy atom. The second-order valence-corrected chi connectivity index (χ2v) is 5.53. The monoisotopic (exact) mass is 261 g/mol. The summed E-state index contributed by atoms with van der Waals surface area (Å²) in [6.45, 7) is 5.57. The number of pyridine rings is 1. The van der Waals surface area contributed by atoms with Crippen LogP contribution in [-0.4, -0.2) is 38.8 Å². The fraction of sp³-hybridized carbons (Fsp3) is 0.462. The highest BCUT2D eigenvalue weighted by atomic mass is 16.5. The molecule has 2 aromatic heterocycles. The van der Waals surface area contributed by atoms with Crippen LogP contribution in [0.3, 0.4) is 0 Å². The zero-order chi connectivity index (χ0) is 13.6. The van der Waals surface area contributed by atoms with Gasteiger partial charge in [0.2, 0.25) is 0 Å². The highest BCUT2D eigenvalue weighted by Crippen LogP contribution is 2.38. The quantitative estimate of drug-likeness (QED) is 0.890. The van der Waals surface area contributed by atoms with Gasteiger partial charge in [-0.3, -0.25) is 0 Å². The third-order valence-corrected chi connectivity index (χ3v) is 3.67. The second kappa shape index (κ2) is 4.03. The molecule has 0 spiro atoms. The molecule has 0 amide bonds. The summed E-state index contributed by atoms with van der Waals surface area (Å²) in [4.78, 5) is 19.2. The van der Waals surface area contributed by atoms with Crippen LogP contribution in [0, 0.1) is 5.41 Å². The summed E-state index contributed by atoms with van der Waals surface area (Å²) >= 11 is 0. The second-order valence-electron chi connectivity index (χ2n) is 5.53. The van der Waals surface area contributed by atoms with Crippen molar-refractivity contribution in [2.45, 2.75) is 19.9 Å². The summed E-state index contributed by atoms with van der Waals surface area (Å²) in [5, 5.41) is 9.02. The van der Waals surface area contributed by atoms with E-state index in [9.17, 15) is 4.79 Å². The number of imidazole rings is 1. The van der Waals surface area contributed by atoms with Gasteiger partial charge in [0.25, 0.3) is 0 Å². The largest absolute Gasteiger partial charge is 0.477 e. The van der Waals surface area contributed by atoms with Crippen LogP contribution in [0.1, 0.15) is 30.4 Å². The molecule has 0 radical (unpaired) electrons. The molecule has 1 aliphatic rings. The van der Waals surface area contributed by atoms with Gasteiger partial charge in [-0.15, -0.1) is 0 Å². The van der Waals surface area contributed by atoms with E-state index >= 15 is 0 Å². The number of nitrogens with zero attached hydrogens (tertiary/aromatic N) is 3. The molecule has 0 saturated carbocycles. The van der Waals surface area contributed by atoms with Crippen LogP contribution in [0.4, 0.5) is 0 Å². The van der Waals surface area contributed by atoms with E-state index in [2.05, 4.69) is 23.8 Å². The molecule has 1 N–H and O–H groups in total. The van der Waals surface area contributed by atoms with Crippen molar-refractivity contribution in [2.24, 2.45) is 5.41 Å². The summed E-state index contributed by atoms with van der Waals surface area (Å²) in [7, 11) is 0. The average molecular weight is 261 g/mol. The fourth-order valence-corrected chi connectivity index (χ4v) is 2.51. The number of fused-ring (bicyclic) bond motifs is 1. The SMILES string of the molecule is CC1(C)COCC1n1cnc2cnc(C(=O)O)cc21. The van der Waals surface area contributed by atoms with Crippen molar-refractivity contribution < 1.29 is 14.6 Å². The molecule has 19 heavy (non-hydrogen) atoms. The van der Waals surface area contributed by atoms with E-state index in [0.29, 0.717) is 18.7 Å². The number of carboxylic acids is 1. The molecule has 1 atom stereocenters. The van der Waals surface area contributed by atoms with Gasteiger partial charge in [-0.2, -0.15) is 0 Å². The van der Waals surface area contributed by atoms with Gasteiger partial charge in [0, 0.05) is 5.41 Å². The third kappa shape index (κ3) is 1.88. The molecular formula is C13H15N3O3. The first-order chi connectivity index (χ1) is 8.99. The van der Waals surface area contributed by atoms with Crippen LogP contribution >= 0.6 is 0 Å². The minimum atomic E-state index is -1.03. The molecular weight excluding hydrogens is 246 g/mol. The maximum absolute atomic E-state index is 11.0. The smallest absolute Gasteiger partial charge is 0.354 e. The van der Waals surface area contributed by atoms with Gasteiger partial charge in [0.05, 0.1) is 37.3 Å². The standard InChI is InChI=1S/C13H15N3O3/c1-13(2)6-19-5-11(13)16-7-15-9-4-14-8(12(17)18)3-10(9)16/h3-4,7,11H,5-6H2,1-2H3,(H,17,18). The third-order valence-electron chi connectivity index (χ3n) is 3.67. The molecule has 0 aliphatic carbocycles. The van der Waals surface area contributed by atoms with Crippen LogP contribution in [-0.2, 0) is 4.74 Å². The highest BCUT2D eigenvalue weighted by Gasteiger charge is 2.37. The Balaban J connectivity index is 2.14. The number of rotatable bonds is 2. The normalized spacial score (nSPS) is 21.9. The van der Waals surface area contributed by atoms with Crippen molar-refractivity contribution in [3.63, 3.8) is 0 Å². The maximum Gasteiger partial charge on any atom is 0.354 e. The van der Waals surface area contributed by atoms with Crippen LogP contribution in [0.5, 0.6) is 0 Å². The van der Waals surface area contributed by atoms with E-state index in [1.807, 2.05) is 4.57 Å². The number of hydrogen-bond acceptors (Lipinski definition) is 4. The lowest BCUT2D eigenvalue weighted by Crippen LogP contribution is -2.25. The van der Waals surface area contributed by atoms with Crippen LogP contribution < -0.4 is 0 Å². The number of hydrogen-bond donors (Lipinski definition) is 1. The minimum Gasteiger partial charge on any atom is -0.477 e. The average Bonchev–Trinajstić information content (AvgIpc) is 2.90. The Hall–Kier alpha value is -1.95. The number of carboxylic acid groups (broad SMARTS) is 1.